The molecule has 4 N–H and O–H groups in total. The molecule has 0 aliphatic heterocycles. The standard InChI is InChI=1S/C46H78NO12P/c1-7-9-20-26-41-36(5)37(6)43(59-41)28-22-17-14-15-19-24-30-45(49)57-38(32-55-60(52,53)56-33-39(47)46(50)51)31-54-44(48)29-23-18-13-11-10-12-16-21-27-42-35(4)34(3)40(58-42)25-8-2/h38-39H,7-33,47H2,1-6H3,(H,50,51)(H,52,53). The average Bonchev–Trinajstić information content (AvgIpc) is 3.64. The number of nitrogens with two attached hydrogens (primary N) is 1. The minimum Gasteiger partial charge on any atom is -0.480 e. The maximum Gasteiger partial charge on any atom is 0.472 e. The van der Waals surface area contributed by atoms with Gasteiger partial charge in [-0.15, -0.1) is 0 Å². The summed E-state index contributed by atoms with van der Waals surface area (Å²) in [7, 11) is -4.74. The molecule has 3 unspecified atom stereocenters. The van der Waals surface area contributed by atoms with Crippen LogP contribution in [0.2, 0.25) is 0 Å². The van der Waals surface area contributed by atoms with Crippen LogP contribution in [0, 0.1) is 27.7 Å². The number of hydrogen-bond donors (Lipinski definition) is 3. The third kappa shape index (κ3) is 21.7. The van der Waals surface area contributed by atoms with E-state index in [2.05, 4.69) is 46.1 Å². The van der Waals surface area contributed by atoms with Crippen LogP contribution in [0.4, 0.5) is 0 Å². The van der Waals surface area contributed by atoms with Crippen molar-refractivity contribution in [3.8, 4) is 0 Å². The van der Waals surface area contributed by atoms with Crippen molar-refractivity contribution < 1.29 is 56.3 Å². The number of phosphoric acid groups is 1. The zero-order valence-electron chi connectivity index (χ0n) is 37.7. The molecule has 0 saturated carbocycles. The Bertz CT molecular complexity index is 1580. The predicted molar refractivity (Wildman–Crippen MR) is 233 cm³/mol. The van der Waals surface area contributed by atoms with E-state index in [-0.39, 0.29) is 19.4 Å². The molecule has 2 aromatic rings. The van der Waals surface area contributed by atoms with E-state index < -0.39 is 51.1 Å². The molecule has 0 aromatic carbocycles. The number of carboxylic acids is 1. The summed E-state index contributed by atoms with van der Waals surface area (Å²) in [5.74, 6) is 2.05. The molecule has 0 saturated heterocycles. The summed E-state index contributed by atoms with van der Waals surface area (Å²) in [4.78, 5) is 46.3. The molecule has 344 valence electrons. The van der Waals surface area contributed by atoms with Crippen LogP contribution >= 0.6 is 7.82 Å². The highest BCUT2D eigenvalue weighted by Gasteiger charge is 2.28. The molecule has 0 amide bonds. The summed E-state index contributed by atoms with van der Waals surface area (Å²) in [6.07, 6.45) is 21.4. The molecule has 13 nitrogen and oxygen atoms in total. The van der Waals surface area contributed by atoms with E-state index in [4.69, 9.17) is 33.7 Å². The van der Waals surface area contributed by atoms with Crippen molar-refractivity contribution in [2.45, 2.75) is 208 Å². The van der Waals surface area contributed by atoms with Gasteiger partial charge in [0.2, 0.25) is 0 Å². The van der Waals surface area contributed by atoms with E-state index in [0.717, 1.165) is 139 Å². The van der Waals surface area contributed by atoms with Gasteiger partial charge in [-0.1, -0.05) is 90.9 Å². The zero-order valence-corrected chi connectivity index (χ0v) is 38.6. The van der Waals surface area contributed by atoms with Crippen LogP contribution in [-0.4, -0.2) is 59.9 Å². The lowest BCUT2D eigenvalue weighted by molar-refractivity contribution is -0.161. The van der Waals surface area contributed by atoms with Crippen LogP contribution in [0.15, 0.2) is 8.83 Å². The second-order valence-electron chi connectivity index (χ2n) is 16.4. The number of unbranched alkanes of at least 4 members (excludes halogenated alkanes) is 14. The van der Waals surface area contributed by atoms with Crippen molar-refractivity contribution in [2.75, 3.05) is 19.8 Å². The first kappa shape index (κ1) is 53.2. The van der Waals surface area contributed by atoms with Crippen LogP contribution < -0.4 is 5.73 Å². The van der Waals surface area contributed by atoms with Crippen molar-refractivity contribution in [3.05, 3.63) is 45.3 Å². The Hall–Kier alpha value is -2.96. The van der Waals surface area contributed by atoms with E-state index in [1.54, 1.807) is 0 Å². The Morgan fingerprint density at radius 2 is 0.967 bits per heavy atom. The fraction of sp³-hybridized carbons (Fsp3) is 0.761. The Morgan fingerprint density at radius 1 is 0.567 bits per heavy atom. The molecule has 14 heteroatoms. The van der Waals surface area contributed by atoms with E-state index >= 15 is 0 Å². The number of ether oxygens (including phenoxy) is 2. The van der Waals surface area contributed by atoms with Crippen LogP contribution in [-0.2, 0) is 63.2 Å². The molecule has 0 spiro atoms. The maximum atomic E-state index is 12.7. The van der Waals surface area contributed by atoms with Crippen LogP contribution in [0.5, 0.6) is 0 Å². The van der Waals surface area contributed by atoms with Crippen molar-refractivity contribution in [1.82, 2.24) is 0 Å². The zero-order chi connectivity index (χ0) is 44.3. The number of furan rings is 2. The normalized spacial score (nSPS) is 13.6. The first-order valence-corrected chi connectivity index (χ1v) is 24.3. The molecule has 0 aliphatic rings. The highest BCUT2D eigenvalue weighted by atomic mass is 31.2. The third-order valence-electron chi connectivity index (χ3n) is 11.2. The second-order valence-corrected chi connectivity index (χ2v) is 17.8. The fourth-order valence-corrected chi connectivity index (χ4v) is 7.89. The molecule has 2 rings (SSSR count). The smallest absolute Gasteiger partial charge is 0.472 e. The van der Waals surface area contributed by atoms with E-state index in [0.29, 0.717) is 12.8 Å². The highest BCUT2D eigenvalue weighted by molar-refractivity contribution is 7.47. The van der Waals surface area contributed by atoms with Gasteiger partial charge in [0.25, 0.3) is 0 Å². The number of phosphoric ester groups is 1. The molecule has 0 fully saturated rings. The lowest BCUT2D eigenvalue weighted by atomic mass is 10.0. The molecule has 0 bridgehead atoms. The minimum atomic E-state index is -4.74. The molecular formula is C46H78NO12P. The number of carboxylic acid groups (broad SMARTS) is 1. The lowest BCUT2D eigenvalue weighted by Gasteiger charge is -2.20. The number of carbonyl (C=O) groups is 3. The molecule has 0 aliphatic carbocycles. The molecule has 0 radical (unpaired) electrons. The van der Waals surface area contributed by atoms with Crippen molar-refractivity contribution in [2.24, 2.45) is 5.73 Å². The van der Waals surface area contributed by atoms with Crippen molar-refractivity contribution in [1.29, 1.82) is 0 Å². The van der Waals surface area contributed by atoms with Gasteiger partial charge in [0, 0.05) is 38.5 Å². The first-order valence-electron chi connectivity index (χ1n) is 22.8. The Labute approximate surface area is 359 Å². The summed E-state index contributed by atoms with van der Waals surface area (Å²) < 4.78 is 45.2. The molecule has 60 heavy (non-hydrogen) atoms. The van der Waals surface area contributed by atoms with Gasteiger partial charge in [-0.3, -0.25) is 23.4 Å². The Kier molecular flexibility index (Phi) is 26.7. The summed E-state index contributed by atoms with van der Waals surface area (Å²) in [6.45, 7) is 11.2. The molecular weight excluding hydrogens is 789 g/mol. The summed E-state index contributed by atoms with van der Waals surface area (Å²) >= 11 is 0. The first-order chi connectivity index (χ1) is 28.7. The number of aryl methyl sites for hydroxylation is 4. The summed E-state index contributed by atoms with van der Waals surface area (Å²) in [5, 5.41) is 8.92. The molecule has 3 atom stereocenters. The van der Waals surface area contributed by atoms with Crippen molar-refractivity contribution in [3.63, 3.8) is 0 Å². The Balaban J connectivity index is 1.67. The number of aliphatic carboxylic acids is 1. The van der Waals surface area contributed by atoms with Crippen LogP contribution in [0.3, 0.4) is 0 Å². The van der Waals surface area contributed by atoms with Crippen LogP contribution in [0.25, 0.3) is 0 Å². The molecule has 2 heterocycles. The quantitative estimate of drug-likeness (QED) is 0.0332. The minimum absolute atomic E-state index is 0.125. The topological polar surface area (TPSA) is 198 Å². The average molecular weight is 868 g/mol. The Morgan fingerprint density at radius 3 is 1.42 bits per heavy atom. The van der Waals surface area contributed by atoms with E-state index in [1.807, 2.05) is 0 Å². The second kappa shape index (κ2) is 30.1. The number of hydrogen-bond acceptors (Lipinski definition) is 11. The van der Waals surface area contributed by atoms with Gasteiger partial charge < -0.3 is 34.0 Å². The largest absolute Gasteiger partial charge is 0.480 e. The SMILES string of the molecule is CCCCCc1oc(CCCCCCCCC(=O)OC(COC(=O)CCCCCCCCCCc2oc(CCC)c(C)c2C)COP(=O)(O)OCC(N)C(=O)O)c(C)c1C. The van der Waals surface area contributed by atoms with Gasteiger partial charge in [-0.2, -0.15) is 0 Å². The van der Waals surface area contributed by atoms with E-state index in [1.165, 1.54) is 35.1 Å². The van der Waals surface area contributed by atoms with Gasteiger partial charge in [0.1, 0.15) is 35.7 Å². The van der Waals surface area contributed by atoms with Gasteiger partial charge in [-0.25, -0.2) is 4.57 Å². The number of carbonyl (C=O) groups excluding carboxylic acids is 2. The van der Waals surface area contributed by atoms with Gasteiger partial charge in [-0.05, 0) is 88.5 Å². The van der Waals surface area contributed by atoms with Crippen molar-refractivity contribution >= 4 is 25.7 Å². The fourth-order valence-electron chi connectivity index (χ4n) is 7.11. The van der Waals surface area contributed by atoms with Gasteiger partial charge >= 0.3 is 25.7 Å². The van der Waals surface area contributed by atoms with E-state index in [9.17, 15) is 23.8 Å². The van der Waals surface area contributed by atoms with Gasteiger partial charge in [0.15, 0.2) is 6.10 Å². The number of esters is 2. The third-order valence-corrected chi connectivity index (χ3v) is 12.2. The number of rotatable bonds is 36. The van der Waals surface area contributed by atoms with Crippen LogP contribution in [0.1, 0.15) is 188 Å². The summed E-state index contributed by atoms with van der Waals surface area (Å²) in [5.41, 5.74) is 10.5. The lowest BCUT2D eigenvalue weighted by Crippen LogP contribution is -2.34. The maximum absolute atomic E-state index is 12.7. The monoisotopic (exact) mass is 868 g/mol. The summed E-state index contributed by atoms with van der Waals surface area (Å²) in [6, 6.07) is -1.54. The molecule has 2 aromatic heterocycles. The predicted octanol–water partition coefficient (Wildman–Crippen LogP) is 10.8. The highest BCUT2D eigenvalue weighted by Crippen LogP contribution is 2.43. The van der Waals surface area contributed by atoms with Gasteiger partial charge in [0.05, 0.1) is 13.2 Å².